The average molecular weight is 256 g/mol. The topological polar surface area (TPSA) is 42.4 Å². The number of rotatable bonds is 6. The van der Waals surface area contributed by atoms with Crippen LogP contribution in [-0.4, -0.2) is 30.6 Å². The number of carbonyl (C=O) groups excluding carboxylic acids is 1. The lowest BCUT2D eigenvalue weighted by Gasteiger charge is -2.19. The normalized spacial score (nSPS) is 10.6. The molecule has 0 aliphatic rings. The van der Waals surface area contributed by atoms with Crippen molar-refractivity contribution in [2.45, 2.75) is 39.7 Å². The van der Waals surface area contributed by atoms with E-state index in [2.05, 4.69) is 23.7 Å². The first kappa shape index (κ1) is 14.0. The number of hydrogen-bond donors (Lipinski definition) is 0. The van der Waals surface area contributed by atoms with Gasteiger partial charge in [0.15, 0.2) is 5.13 Å². The third kappa shape index (κ3) is 4.34. The second kappa shape index (κ2) is 6.59. The number of carbonyl (C=O) groups is 1. The molecule has 17 heavy (non-hydrogen) atoms. The molecule has 0 unspecified atom stereocenters. The molecule has 4 nitrogen and oxygen atoms in total. The molecule has 0 saturated heterocycles. The first-order chi connectivity index (χ1) is 8.04. The lowest BCUT2D eigenvalue weighted by Crippen LogP contribution is -2.25. The zero-order chi connectivity index (χ0) is 12.8. The van der Waals surface area contributed by atoms with Crippen molar-refractivity contribution in [2.75, 3.05) is 18.6 Å². The molecule has 1 aromatic rings. The molecule has 0 atom stereocenters. The fourth-order valence-corrected chi connectivity index (χ4v) is 2.22. The molecule has 0 amide bonds. The minimum absolute atomic E-state index is 0.153. The van der Waals surface area contributed by atoms with Gasteiger partial charge in [0, 0.05) is 24.9 Å². The van der Waals surface area contributed by atoms with Crippen molar-refractivity contribution in [3.63, 3.8) is 0 Å². The maximum atomic E-state index is 11.2. The number of ether oxygens (including phenoxy) is 1. The Morgan fingerprint density at radius 2 is 2.29 bits per heavy atom. The molecule has 1 aromatic heterocycles. The van der Waals surface area contributed by atoms with Crippen LogP contribution in [0.25, 0.3) is 0 Å². The Hall–Kier alpha value is -1.10. The van der Waals surface area contributed by atoms with Gasteiger partial charge in [-0.2, -0.15) is 0 Å². The summed E-state index contributed by atoms with van der Waals surface area (Å²) < 4.78 is 4.88. The number of esters is 1. The molecule has 0 radical (unpaired) electrons. The standard InChI is InChI=1S/C12H20N2O2S/c1-5-16-11(15)7-6-10-8-17-12(13-10)14(4)9(2)3/h8-9H,5-7H2,1-4H3. The number of hydrogen-bond acceptors (Lipinski definition) is 5. The Labute approximate surface area is 107 Å². The summed E-state index contributed by atoms with van der Waals surface area (Å²) in [5.74, 6) is -0.153. The van der Waals surface area contributed by atoms with Gasteiger partial charge in [0.1, 0.15) is 0 Å². The number of anilines is 1. The molecule has 0 aliphatic carbocycles. The summed E-state index contributed by atoms with van der Waals surface area (Å²) in [6, 6.07) is 0.430. The molecule has 0 aliphatic heterocycles. The molecule has 1 rings (SSSR count). The van der Waals surface area contributed by atoms with Gasteiger partial charge < -0.3 is 9.64 Å². The molecular formula is C12H20N2O2S. The highest BCUT2D eigenvalue weighted by atomic mass is 32.1. The van der Waals surface area contributed by atoms with Crippen LogP contribution < -0.4 is 4.90 Å². The van der Waals surface area contributed by atoms with E-state index in [1.807, 2.05) is 19.4 Å². The Morgan fingerprint density at radius 3 is 2.88 bits per heavy atom. The SMILES string of the molecule is CCOC(=O)CCc1csc(N(C)C(C)C)n1. The van der Waals surface area contributed by atoms with Gasteiger partial charge >= 0.3 is 5.97 Å². The summed E-state index contributed by atoms with van der Waals surface area (Å²) in [6.45, 7) is 6.51. The van der Waals surface area contributed by atoms with Crippen LogP contribution in [0.4, 0.5) is 5.13 Å². The van der Waals surface area contributed by atoms with E-state index in [0.29, 0.717) is 25.5 Å². The fraction of sp³-hybridized carbons (Fsp3) is 0.667. The summed E-state index contributed by atoms with van der Waals surface area (Å²) in [5.41, 5.74) is 0.963. The first-order valence-electron chi connectivity index (χ1n) is 5.87. The van der Waals surface area contributed by atoms with E-state index in [4.69, 9.17) is 4.74 Å². The summed E-state index contributed by atoms with van der Waals surface area (Å²) in [7, 11) is 2.03. The maximum Gasteiger partial charge on any atom is 0.306 e. The largest absolute Gasteiger partial charge is 0.466 e. The quantitative estimate of drug-likeness (QED) is 0.733. The fourth-order valence-electron chi connectivity index (χ4n) is 1.26. The maximum absolute atomic E-state index is 11.2. The third-order valence-corrected chi connectivity index (χ3v) is 3.49. The highest BCUT2D eigenvalue weighted by molar-refractivity contribution is 7.13. The molecule has 5 heteroatoms. The molecule has 0 saturated carbocycles. The summed E-state index contributed by atoms with van der Waals surface area (Å²) in [5, 5.41) is 3.01. The zero-order valence-electron chi connectivity index (χ0n) is 10.9. The minimum Gasteiger partial charge on any atom is -0.466 e. The van der Waals surface area contributed by atoms with E-state index in [9.17, 15) is 4.79 Å². The summed E-state index contributed by atoms with van der Waals surface area (Å²) >= 11 is 1.61. The molecule has 96 valence electrons. The molecule has 0 fully saturated rings. The van der Waals surface area contributed by atoms with E-state index < -0.39 is 0 Å². The van der Waals surface area contributed by atoms with Crippen molar-refractivity contribution in [2.24, 2.45) is 0 Å². The zero-order valence-corrected chi connectivity index (χ0v) is 11.7. The smallest absolute Gasteiger partial charge is 0.306 e. The minimum atomic E-state index is -0.153. The van der Waals surface area contributed by atoms with E-state index in [0.717, 1.165) is 10.8 Å². The van der Waals surface area contributed by atoms with E-state index >= 15 is 0 Å². The molecule has 0 aromatic carbocycles. The van der Waals surface area contributed by atoms with E-state index in [-0.39, 0.29) is 5.97 Å². The van der Waals surface area contributed by atoms with Crippen LogP contribution >= 0.6 is 11.3 Å². The van der Waals surface area contributed by atoms with Crippen LogP contribution in [0.2, 0.25) is 0 Å². The van der Waals surface area contributed by atoms with Crippen molar-refractivity contribution >= 4 is 22.4 Å². The van der Waals surface area contributed by atoms with Crippen molar-refractivity contribution in [3.05, 3.63) is 11.1 Å². The van der Waals surface area contributed by atoms with Gasteiger partial charge in [-0.05, 0) is 20.8 Å². The van der Waals surface area contributed by atoms with Gasteiger partial charge in [-0.1, -0.05) is 0 Å². The highest BCUT2D eigenvalue weighted by Crippen LogP contribution is 2.21. The molecule has 0 bridgehead atoms. The molecular weight excluding hydrogens is 236 g/mol. The second-order valence-electron chi connectivity index (χ2n) is 4.13. The lowest BCUT2D eigenvalue weighted by atomic mass is 10.2. The Kier molecular flexibility index (Phi) is 5.41. The molecule has 0 N–H and O–H groups in total. The van der Waals surface area contributed by atoms with Crippen LogP contribution in [-0.2, 0) is 16.0 Å². The van der Waals surface area contributed by atoms with Crippen LogP contribution in [0.3, 0.4) is 0 Å². The van der Waals surface area contributed by atoms with E-state index in [1.165, 1.54) is 0 Å². The van der Waals surface area contributed by atoms with Gasteiger partial charge in [-0.15, -0.1) is 11.3 Å². The average Bonchev–Trinajstić information content (AvgIpc) is 2.74. The summed E-state index contributed by atoms with van der Waals surface area (Å²) in [6.07, 6.45) is 1.06. The number of nitrogens with zero attached hydrogens (tertiary/aromatic N) is 2. The highest BCUT2D eigenvalue weighted by Gasteiger charge is 2.11. The van der Waals surface area contributed by atoms with Gasteiger partial charge in [0.05, 0.1) is 18.7 Å². The lowest BCUT2D eigenvalue weighted by molar-refractivity contribution is -0.143. The second-order valence-corrected chi connectivity index (χ2v) is 4.97. The molecule has 0 spiro atoms. The predicted octanol–water partition coefficient (Wildman–Crippen LogP) is 2.48. The van der Waals surface area contributed by atoms with Crippen LogP contribution in [0.15, 0.2) is 5.38 Å². The van der Waals surface area contributed by atoms with Gasteiger partial charge in [-0.3, -0.25) is 4.79 Å². The van der Waals surface area contributed by atoms with Crippen molar-refractivity contribution in [1.82, 2.24) is 4.98 Å². The van der Waals surface area contributed by atoms with Crippen LogP contribution in [0, 0.1) is 0 Å². The van der Waals surface area contributed by atoms with Crippen LogP contribution in [0.5, 0.6) is 0 Å². The Morgan fingerprint density at radius 1 is 1.59 bits per heavy atom. The van der Waals surface area contributed by atoms with E-state index in [1.54, 1.807) is 11.3 Å². The number of aromatic nitrogens is 1. The predicted molar refractivity (Wildman–Crippen MR) is 70.6 cm³/mol. The third-order valence-electron chi connectivity index (χ3n) is 2.51. The number of thiazole rings is 1. The number of aryl methyl sites for hydroxylation is 1. The van der Waals surface area contributed by atoms with Gasteiger partial charge in [0.2, 0.25) is 0 Å². The first-order valence-corrected chi connectivity index (χ1v) is 6.75. The molecule has 1 heterocycles. The van der Waals surface area contributed by atoms with Crippen molar-refractivity contribution in [1.29, 1.82) is 0 Å². The Bertz CT molecular complexity index is 363. The van der Waals surface area contributed by atoms with Crippen LogP contribution in [0.1, 0.15) is 32.9 Å². The van der Waals surface area contributed by atoms with Gasteiger partial charge in [-0.25, -0.2) is 4.98 Å². The van der Waals surface area contributed by atoms with Crippen molar-refractivity contribution in [3.8, 4) is 0 Å². The van der Waals surface area contributed by atoms with Gasteiger partial charge in [0.25, 0.3) is 0 Å². The van der Waals surface area contributed by atoms with Crippen molar-refractivity contribution < 1.29 is 9.53 Å². The summed E-state index contributed by atoms with van der Waals surface area (Å²) in [4.78, 5) is 17.8. The monoisotopic (exact) mass is 256 g/mol. The Balaban J connectivity index is 2.48.